The number of hydrazone groups is 1. The van der Waals surface area contributed by atoms with Crippen LogP contribution in [0.1, 0.15) is 43.8 Å². The lowest BCUT2D eigenvalue weighted by Crippen LogP contribution is -2.27. The number of nitrogens with zero attached hydrogens (tertiary/aromatic N) is 2. The van der Waals surface area contributed by atoms with E-state index in [0.717, 1.165) is 5.69 Å². The summed E-state index contributed by atoms with van der Waals surface area (Å²) in [7, 11) is 0. The van der Waals surface area contributed by atoms with Crippen LogP contribution in [-0.2, 0) is 0 Å². The summed E-state index contributed by atoms with van der Waals surface area (Å²) in [6.07, 6.45) is 0. The van der Waals surface area contributed by atoms with Crippen LogP contribution in [-0.4, -0.2) is 33.4 Å². The Kier molecular flexibility index (Phi) is 3.61. The number of rotatable bonds is 3. The largest absolute Gasteiger partial charge is 0.293 e. The van der Waals surface area contributed by atoms with Gasteiger partial charge in [0.1, 0.15) is 5.92 Å². The van der Waals surface area contributed by atoms with Crippen molar-refractivity contribution in [3.05, 3.63) is 52.8 Å². The lowest BCUT2D eigenvalue weighted by Gasteiger charge is -2.06. The van der Waals surface area contributed by atoms with Crippen LogP contribution in [0.15, 0.2) is 35.4 Å². The second-order valence-electron chi connectivity index (χ2n) is 5.34. The second kappa shape index (κ2) is 5.60. The molecule has 7 heteroatoms. The van der Waals surface area contributed by atoms with E-state index >= 15 is 0 Å². The number of fused-ring (bicyclic) bond motifs is 1. The fourth-order valence-electron chi connectivity index (χ4n) is 2.52. The summed E-state index contributed by atoms with van der Waals surface area (Å²) >= 11 is 0. The molecule has 7 nitrogen and oxygen atoms in total. The zero-order valence-corrected chi connectivity index (χ0v) is 12.6. The first-order valence-electron chi connectivity index (χ1n) is 7.03. The van der Waals surface area contributed by atoms with Crippen molar-refractivity contribution in [1.82, 2.24) is 15.6 Å². The number of amides is 1. The van der Waals surface area contributed by atoms with Gasteiger partial charge in [0, 0.05) is 16.8 Å². The van der Waals surface area contributed by atoms with Gasteiger partial charge in [-0.3, -0.25) is 19.5 Å². The molecule has 2 N–H and O–H groups in total. The van der Waals surface area contributed by atoms with Crippen LogP contribution >= 0.6 is 0 Å². The van der Waals surface area contributed by atoms with Gasteiger partial charge in [0.15, 0.2) is 17.3 Å². The molecule has 2 aromatic rings. The summed E-state index contributed by atoms with van der Waals surface area (Å²) in [5.74, 6) is -2.08. The van der Waals surface area contributed by atoms with Gasteiger partial charge in [0.2, 0.25) is 0 Å². The number of aryl methyl sites for hydroxylation is 1. The third-order valence-electron chi connectivity index (χ3n) is 3.67. The summed E-state index contributed by atoms with van der Waals surface area (Å²) in [5, 5.41) is 10.4. The van der Waals surface area contributed by atoms with E-state index in [9.17, 15) is 14.4 Å². The molecule has 0 saturated heterocycles. The molecule has 1 aromatic heterocycles. The quantitative estimate of drug-likeness (QED) is 0.509. The van der Waals surface area contributed by atoms with E-state index in [2.05, 4.69) is 20.7 Å². The third kappa shape index (κ3) is 2.57. The molecule has 0 radical (unpaired) electrons. The van der Waals surface area contributed by atoms with E-state index in [4.69, 9.17) is 0 Å². The van der Waals surface area contributed by atoms with Gasteiger partial charge in [-0.15, -0.1) is 0 Å². The lowest BCUT2D eigenvalue weighted by molar-refractivity contribution is 0.0877. The molecule has 1 aromatic carbocycles. The highest BCUT2D eigenvalue weighted by Gasteiger charge is 2.40. The summed E-state index contributed by atoms with van der Waals surface area (Å²) in [5.41, 5.74) is 4.28. The molecule has 1 aliphatic rings. The van der Waals surface area contributed by atoms with Crippen molar-refractivity contribution in [1.29, 1.82) is 0 Å². The van der Waals surface area contributed by atoms with Crippen molar-refractivity contribution >= 4 is 23.2 Å². The Bertz CT molecular complexity index is 816. The fraction of sp³-hybridized carbons (Fsp3) is 0.188. The highest BCUT2D eigenvalue weighted by molar-refractivity contribution is 6.36. The monoisotopic (exact) mass is 310 g/mol. The smallest absolute Gasteiger partial charge is 0.291 e. The van der Waals surface area contributed by atoms with Gasteiger partial charge in [-0.05, 0) is 19.9 Å². The number of aromatic nitrogens is 2. The van der Waals surface area contributed by atoms with Crippen molar-refractivity contribution < 1.29 is 14.4 Å². The van der Waals surface area contributed by atoms with E-state index in [1.165, 1.54) is 0 Å². The van der Waals surface area contributed by atoms with Crippen LogP contribution < -0.4 is 5.43 Å². The molecule has 0 atom stereocenters. The van der Waals surface area contributed by atoms with Crippen molar-refractivity contribution in [2.45, 2.75) is 13.8 Å². The molecule has 0 bridgehead atoms. The van der Waals surface area contributed by atoms with Crippen LogP contribution in [0.4, 0.5) is 0 Å². The summed E-state index contributed by atoms with van der Waals surface area (Å²) in [4.78, 5) is 36.6. The Hall–Kier alpha value is -3.09. The van der Waals surface area contributed by atoms with Gasteiger partial charge in [-0.2, -0.15) is 10.2 Å². The van der Waals surface area contributed by atoms with Crippen LogP contribution in [0.3, 0.4) is 0 Å². The number of ketones is 2. The Morgan fingerprint density at radius 2 is 1.83 bits per heavy atom. The molecule has 1 aliphatic carbocycles. The number of nitrogens with one attached hydrogen (secondary N) is 2. The van der Waals surface area contributed by atoms with Crippen LogP contribution in [0, 0.1) is 12.8 Å². The van der Waals surface area contributed by atoms with Gasteiger partial charge in [-0.1, -0.05) is 24.3 Å². The van der Waals surface area contributed by atoms with E-state index in [1.54, 1.807) is 44.2 Å². The number of aromatic amines is 1. The average molecular weight is 310 g/mol. The standard InChI is InChI=1S/C16H14N4O3/c1-8-7-12(19-17-8)16(23)20-18-9(2)13-14(21)10-5-3-4-6-11(10)15(13)22/h3-7,13H,1-2H3,(H,17,19)(H,20,23). The van der Waals surface area contributed by atoms with Gasteiger partial charge in [0.05, 0.1) is 5.71 Å². The highest BCUT2D eigenvalue weighted by Crippen LogP contribution is 2.27. The molecule has 116 valence electrons. The number of H-pyrrole nitrogens is 1. The predicted molar refractivity (Wildman–Crippen MR) is 82.5 cm³/mol. The van der Waals surface area contributed by atoms with Crippen LogP contribution in [0.25, 0.3) is 0 Å². The SMILES string of the molecule is CC(=NNC(=O)c1cc(C)[nH]n1)C1C(=O)c2ccccc2C1=O. The number of Topliss-reactive ketones (excluding diaryl/α,β-unsaturated/α-hetero) is 2. The predicted octanol–water partition coefficient (Wildman–Crippen LogP) is 1.52. The maximum absolute atomic E-state index is 12.3. The Balaban J connectivity index is 1.79. The maximum atomic E-state index is 12.3. The number of hydrogen-bond donors (Lipinski definition) is 2. The lowest BCUT2D eigenvalue weighted by atomic mass is 9.99. The van der Waals surface area contributed by atoms with Crippen molar-refractivity contribution in [3.8, 4) is 0 Å². The molecule has 23 heavy (non-hydrogen) atoms. The van der Waals surface area contributed by atoms with Crippen LogP contribution in [0.2, 0.25) is 0 Å². The number of carbonyl (C=O) groups excluding carboxylic acids is 3. The summed E-state index contributed by atoms with van der Waals surface area (Å²) in [6, 6.07) is 8.23. The molecule has 0 spiro atoms. The third-order valence-corrected chi connectivity index (χ3v) is 3.67. The molecular weight excluding hydrogens is 296 g/mol. The zero-order valence-electron chi connectivity index (χ0n) is 12.6. The molecule has 0 saturated carbocycles. The first kappa shape index (κ1) is 14.8. The fourth-order valence-corrected chi connectivity index (χ4v) is 2.52. The number of hydrogen-bond acceptors (Lipinski definition) is 5. The molecule has 3 rings (SSSR count). The molecular formula is C16H14N4O3. The topological polar surface area (TPSA) is 104 Å². The van der Waals surface area contributed by atoms with Crippen LogP contribution in [0.5, 0.6) is 0 Å². The minimum Gasteiger partial charge on any atom is -0.293 e. The first-order chi connectivity index (χ1) is 11.0. The molecule has 1 amide bonds. The van der Waals surface area contributed by atoms with Crippen molar-refractivity contribution in [3.63, 3.8) is 0 Å². The molecule has 1 heterocycles. The van der Waals surface area contributed by atoms with Gasteiger partial charge >= 0.3 is 0 Å². The summed E-state index contributed by atoms with van der Waals surface area (Å²) < 4.78 is 0. The normalized spacial score (nSPS) is 15.0. The first-order valence-corrected chi connectivity index (χ1v) is 7.03. The van der Waals surface area contributed by atoms with E-state index < -0.39 is 11.8 Å². The van der Waals surface area contributed by atoms with E-state index in [1.807, 2.05) is 0 Å². The van der Waals surface area contributed by atoms with Gasteiger partial charge < -0.3 is 0 Å². The van der Waals surface area contributed by atoms with E-state index in [0.29, 0.717) is 11.1 Å². The minimum atomic E-state index is -0.978. The Labute approximate surface area is 131 Å². The molecule has 0 unspecified atom stereocenters. The van der Waals surface area contributed by atoms with Gasteiger partial charge in [0.25, 0.3) is 5.91 Å². The van der Waals surface area contributed by atoms with Gasteiger partial charge in [-0.25, -0.2) is 5.43 Å². The molecule has 0 fully saturated rings. The summed E-state index contributed by atoms with van der Waals surface area (Å²) in [6.45, 7) is 3.31. The maximum Gasteiger partial charge on any atom is 0.291 e. The highest BCUT2D eigenvalue weighted by atomic mass is 16.2. The Morgan fingerprint density at radius 3 is 2.35 bits per heavy atom. The van der Waals surface area contributed by atoms with E-state index in [-0.39, 0.29) is 23.0 Å². The average Bonchev–Trinajstić information content (AvgIpc) is 3.08. The second-order valence-corrected chi connectivity index (χ2v) is 5.34. The van der Waals surface area contributed by atoms with Crippen molar-refractivity contribution in [2.75, 3.05) is 0 Å². The zero-order chi connectivity index (χ0) is 16.6. The molecule has 0 aliphatic heterocycles. The number of benzene rings is 1. The van der Waals surface area contributed by atoms with Crippen molar-refractivity contribution in [2.24, 2.45) is 11.0 Å². The number of carbonyl (C=O) groups is 3. The Morgan fingerprint density at radius 1 is 1.22 bits per heavy atom. The minimum absolute atomic E-state index is 0.186.